The predicted octanol–water partition coefficient (Wildman–Crippen LogP) is 3.26. The summed E-state index contributed by atoms with van der Waals surface area (Å²) in [5.74, 6) is -1.45. The predicted molar refractivity (Wildman–Crippen MR) is 97.7 cm³/mol. The zero-order chi connectivity index (χ0) is 18.8. The average Bonchev–Trinajstić information content (AvgIpc) is 2.89. The third-order valence-electron chi connectivity index (χ3n) is 4.29. The molecule has 1 aliphatic heterocycles. The van der Waals surface area contributed by atoms with Gasteiger partial charge >= 0.3 is 11.9 Å². The number of carbonyl (C=O) groups excluding carboxylic acids is 3. The van der Waals surface area contributed by atoms with E-state index >= 15 is 0 Å². The van der Waals surface area contributed by atoms with Gasteiger partial charge in [-0.05, 0) is 38.0 Å². The highest BCUT2D eigenvalue weighted by molar-refractivity contribution is 7.16. The Kier molecular flexibility index (Phi) is 5.08. The summed E-state index contributed by atoms with van der Waals surface area (Å²) in [6.07, 6.45) is -0.638. The Morgan fingerprint density at radius 2 is 2.04 bits per heavy atom. The number of hydrogen-bond donors (Lipinski definition) is 1. The molecule has 0 radical (unpaired) electrons. The van der Waals surface area contributed by atoms with Crippen LogP contribution in [0.5, 0.6) is 0 Å². The highest BCUT2D eigenvalue weighted by Crippen LogP contribution is 2.33. The highest BCUT2D eigenvalue weighted by Gasteiger charge is 2.32. The van der Waals surface area contributed by atoms with Crippen LogP contribution in [0.1, 0.15) is 43.6 Å². The SMILES string of the molecule is CCOC(=O)c1c(NC(=O)C2Cc3ccccc3C(=O)O2)sc(C)c1C. The molecule has 1 aliphatic rings. The van der Waals surface area contributed by atoms with Crippen molar-refractivity contribution in [2.24, 2.45) is 0 Å². The first-order chi connectivity index (χ1) is 12.4. The van der Waals surface area contributed by atoms with Crippen LogP contribution >= 0.6 is 11.3 Å². The quantitative estimate of drug-likeness (QED) is 0.832. The fraction of sp³-hybridized carbons (Fsp3) is 0.316. The maximum atomic E-state index is 12.6. The topological polar surface area (TPSA) is 81.7 Å². The number of anilines is 1. The first-order valence-corrected chi connectivity index (χ1v) is 9.10. The second-order valence-electron chi connectivity index (χ2n) is 5.95. The summed E-state index contributed by atoms with van der Waals surface area (Å²) in [6, 6.07) is 7.05. The number of amides is 1. The molecule has 1 unspecified atom stereocenters. The van der Waals surface area contributed by atoms with Gasteiger partial charge < -0.3 is 14.8 Å². The Bertz CT molecular complexity index is 886. The molecule has 2 heterocycles. The van der Waals surface area contributed by atoms with Crippen LogP contribution in [0.15, 0.2) is 24.3 Å². The number of esters is 2. The first-order valence-electron chi connectivity index (χ1n) is 8.29. The van der Waals surface area contributed by atoms with Gasteiger partial charge in [-0.2, -0.15) is 0 Å². The van der Waals surface area contributed by atoms with Gasteiger partial charge in [0.15, 0.2) is 6.10 Å². The average molecular weight is 373 g/mol. The van der Waals surface area contributed by atoms with Crippen LogP contribution in [-0.2, 0) is 20.7 Å². The molecule has 0 aliphatic carbocycles. The molecule has 0 saturated carbocycles. The molecule has 0 saturated heterocycles. The van der Waals surface area contributed by atoms with Crippen molar-refractivity contribution in [2.75, 3.05) is 11.9 Å². The number of fused-ring (bicyclic) bond motifs is 1. The van der Waals surface area contributed by atoms with Crippen molar-refractivity contribution in [3.05, 3.63) is 51.4 Å². The molecule has 7 heteroatoms. The minimum absolute atomic E-state index is 0.248. The van der Waals surface area contributed by atoms with Gasteiger partial charge in [-0.15, -0.1) is 11.3 Å². The fourth-order valence-electron chi connectivity index (χ4n) is 2.83. The lowest BCUT2D eigenvalue weighted by Crippen LogP contribution is -2.38. The zero-order valence-corrected chi connectivity index (χ0v) is 15.6. The maximum absolute atomic E-state index is 12.6. The highest BCUT2D eigenvalue weighted by atomic mass is 32.1. The zero-order valence-electron chi connectivity index (χ0n) is 14.8. The van der Waals surface area contributed by atoms with Crippen molar-refractivity contribution in [1.29, 1.82) is 0 Å². The second kappa shape index (κ2) is 7.29. The van der Waals surface area contributed by atoms with E-state index in [0.717, 1.165) is 16.0 Å². The molecule has 0 fully saturated rings. The van der Waals surface area contributed by atoms with Crippen molar-refractivity contribution < 1.29 is 23.9 Å². The van der Waals surface area contributed by atoms with Crippen molar-refractivity contribution in [3.8, 4) is 0 Å². The number of cyclic esters (lactones) is 1. The second-order valence-corrected chi connectivity index (χ2v) is 7.18. The Hall–Kier alpha value is -2.67. The number of benzene rings is 1. The number of thiophene rings is 1. The van der Waals surface area contributed by atoms with E-state index in [1.165, 1.54) is 11.3 Å². The van der Waals surface area contributed by atoms with Gasteiger partial charge in [0.1, 0.15) is 5.00 Å². The molecule has 2 aromatic rings. The monoisotopic (exact) mass is 373 g/mol. The smallest absolute Gasteiger partial charge is 0.341 e. The summed E-state index contributed by atoms with van der Waals surface area (Å²) >= 11 is 1.30. The third-order valence-corrected chi connectivity index (χ3v) is 5.41. The van der Waals surface area contributed by atoms with E-state index in [1.807, 2.05) is 19.9 Å². The molecule has 1 amide bonds. The Labute approximate surface area is 155 Å². The van der Waals surface area contributed by atoms with Crippen LogP contribution in [0, 0.1) is 13.8 Å². The van der Waals surface area contributed by atoms with E-state index in [1.54, 1.807) is 25.1 Å². The normalized spacial score (nSPS) is 15.8. The van der Waals surface area contributed by atoms with Crippen LogP contribution < -0.4 is 5.32 Å². The Balaban J connectivity index is 1.82. The lowest BCUT2D eigenvalue weighted by atomic mass is 9.98. The van der Waals surface area contributed by atoms with E-state index in [9.17, 15) is 14.4 Å². The molecule has 1 aromatic heterocycles. The van der Waals surface area contributed by atoms with Crippen LogP contribution in [0.2, 0.25) is 0 Å². The molecule has 26 heavy (non-hydrogen) atoms. The van der Waals surface area contributed by atoms with Crippen molar-refractivity contribution in [1.82, 2.24) is 0 Å². The van der Waals surface area contributed by atoms with Gasteiger partial charge in [-0.1, -0.05) is 18.2 Å². The summed E-state index contributed by atoms with van der Waals surface area (Å²) in [7, 11) is 0. The van der Waals surface area contributed by atoms with Gasteiger partial charge in [0, 0.05) is 11.3 Å². The van der Waals surface area contributed by atoms with Crippen molar-refractivity contribution in [3.63, 3.8) is 0 Å². The molecule has 0 bridgehead atoms. The Morgan fingerprint density at radius 1 is 1.31 bits per heavy atom. The molecule has 0 spiro atoms. The summed E-state index contributed by atoms with van der Waals surface area (Å²) in [5.41, 5.74) is 2.37. The number of aryl methyl sites for hydroxylation is 1. The van der Waals surface area contributed by atoms with Crippen LogP contribution in [0.25, 0.3) is 0 Å². The summed E-state index contributed by atoms with van der Waals surface area (Å²) in [5, 5.41) is 3.15. The summed E-state index contributed by atoms with van der Waals surface area (Å²) in [6.45, 7) is 5.65. The number of hydrogen-bond acceptors (Lipinski definition) is 6. The van der Waals surface area contributed by atoms with Gasteiger partial charge in [0.2, 0.25) is 0 Å². The standard InChI is InChI=1S/C19H19NO5S/c1-4-24-19(23)15-10(2)11(3)26-17(15)20-16(21)14-9-12-7-5-6-8-13(12)18(22)25-14/h5-8,14H,4,9H2,1-3H3,(H,20,21). The third kappa shape index (κ3) is 3.35. The van der Waals surface area contributed by atoms with E-state index in [4.69, 9.17) is 9.47 Å². The van der Waals surface area contributed by atoms with Gasteiger partial charge in [0.25, 0.3) is 5.91 Å². The van der Waals surface area contributed by atoms with Crippen molar-refractivity contribution in [2.45, 2.75) is 33.3 Å². The summed E-state index contributed by atoms with van der Waals surface area (Å²) in [4.78, 5) is 37.9. The van der Waals surface area contributed by atoms with Crippen molar-refractivity contribution >= 4 is 34.2 Å². The lowest BCUT2D eigenvalue weighted by molar-refractivity contribution is -0.125. The fourth-order valence-corrected chi connectivity index (χ4v) is 3.89. The van der Waals surface area contributed by atoms with Gasteiger partial charge in [-0.25, -0.2) is 9.59 Å². The molecular formula is C19H19NO5S. The lowest BCUT2D eigenvalue weighted by Gasteiger charge is -2.23. The van der Waals surface area contributed by atoms with Crippen LogP contribution in [0.3, 0.4) is 0 Å². The van der Waals surface area contributed by atoms with Gasteiger partial charge in [0.05, 0.1) is 17.7 Å². The van der Waals surface area contributed by atoms with E-state index in [0.29, 0.717) is 22.5 Å². The molecule has 6 nitrogen and oxygen atoms in total. The molecule has 3 rings (SSSR count). The molecule has 1 N–H and O–H groups in total. The molecule has 136 valence electrons. The molecule has 1 atom stereocenters. The van der Waals surface area contributed by atoms with Gasteiger partial charge in [-0.3, -0.25) is 4.79 Å². The number of nitrogens with one attached hydrogen (secondary N) is 1. The molecule has 1 aromatic carbocycles. The van der Waals surface area contributed by atoms with E-state index < -0.39 is 23.9 Å². The van der Waals surface area contributed by atoms with E-state index in [-0.39, 0.29) is 6.61 Å². The first kappa shape index (κ1) is 18.1. The number of rotatable bonds is 4. The Morgan fingerprint density at radius 3 is 2.77 bits per heavy atom. The minimum atomic E-state index is -0.935. The maximum Gasteiger partial charge on any atom is 0.341 e. The largest absolute Gasteiger partial charge is 0.462 e. The summed E-state index contributed by atoms with van der Waals surface area (Å²) < 4.78 is 10.4. The van der Waals surface area contributed by atoms with Crippen LogP contribution in [-0.4, -0.2) is 30.6 Å². The minimum Gasteiger partial charge on any atom is -0.462 e. The number of carbonyl (C=O) groups is 3. The van der Waals surface area contributed by atoms with E-state index in [2.05, 4.69) is 5.32 Å². The number of ether oxygens (including phenoxy) is 2. The molecular weight excluding hydrogens is 354 g/mol. The van der Waals surface area contributed by atoms with Crippen LogP contribution in [0.4, 0.5) is 5.00 Å².